The number of hydrogen-bond donors (Lipinski definition) is 3. The highest BCUT2D eigenvalue weighted by Gasteiger charge is 2.55. The fourth-order valence-corrected chi connectivity index (χ4v) is 6.17. The number of thiophene rings is 1. The van der Waals surface area contributed by atoms with E-state index in [9.17, 15) is 36.6 Å². The summed E-state index contributed by atoms with van der Waals surface area (Å²) in [5, 5.41) is 14.2. The second kappa shape index (κ2) is 9.00. The maximum Gasteiger partial charge on any atom is 0.402 e. The maximum absolute atomic E-state index is 14.8. The molecule has 164 valence electrons. The van der Waals surface area contributed by atoms with Crippen molar-refractivity contribution in [2.75, 3.05) is 12.4 Å². The van der Waals surface area contributed by atoms with Gasteiger partial charge in [-0.05, 0) is 35.0 Å². The zero-order valence-corrected chi connectivity index (χ0v) is 19.3. The molecule has 14 heteroatoms. The van der Waals surface area contributed by atoms with Gasteiger partial charge in [-0.3, -0.25) is 4.57 Å². The van der Waals surface area contributed by atoms with Crippen molar-refractivity contribution in [2.24, 2.45) is 5.14 Å². The Morgan fingerprint density at radius 1 is 1.43 bits per heavy atom. The van der Waals surface area contributed by atoms with E-state index in [1.54, 1.807) is 0 Å². The topological polar surface area (TPSA) is 144 Å². The number of alkyl halides is 2. The summed E-state index contributed by atoms with van der Waals surface area (Å²) in [5.74, 6) is 3.28. The van der Waals surface area contributed by atoms with Crippen molar-refractivity contribution in [3.8, 4) is 11.8 Å². The van der Waals surface area contributed by atoms with Gasteiger partial charge in [-0.15, -0.1) is 11.3 Å². The molecule has 8 nitrogen and oxygen atoms in total. The summed E-state index contributed by atoms with van der Waals surface area (Å²) in [6, 6.07) is 2.26. The van der Waals surface area contributed by atoms with Crippen molar-refractivity contribution in [3.63, 3.8) is 0 Å². The van der Waals surface area contributed by atoms with Gasteiger partial charge in [0.05, 0.1) is 22.6 Å². The minimum atomic E-state index is -5.38. The second-order valence-corrected chi connectivity index (χ2v) is 11.3. The summed E-state index contributed by atoms with van der Waals surface area (Å²) < 4.78 is 67.7. The molecule has 0 spiro atoms. The van der Waals surface area contributed by atoms with Gasteiger partial charge in [0.2, 0.25) is 10.0 Å². The lowest BCUT2D eigenvalue weighted by atomic mass is 10.1. The Balaban J connectivity index is 2.69. The SMILES string of the molecule is CCOP(=O)(O)C(F)(F)c1sc2c(C#CCCS(N)(=O)=O)cc(C(=O)O)cc2c1Br. The molecule has 0 bridgehead atoms. The van der Waals surface area contributed by atoms with Crippen LogP contribution in [0, 0.1) is 11.8 Å². The quantitative estimate of drug-likeness (QED) is 0.355. The third kappa shape index (κ3) is 5.26. The van der Waals surface area contributed by atoms with E-state index in [4.69, 9.17) is 5.14 Å². The molecular formula is C16H15BrF2NO7PS2. The van der Waals surface area contributed by atoms with Crippen LogP contribution in [0.25, 0.3) is 10.1 Å². The zero-order valence-electron chi connectivity index (χ0n) is 15.2. The fraction of sp³-hybridized carbons (Fsp3) is 0.312. The number of carboxylic acids is 1. The van der Waals surface area contributed by atoms with Gasteiger partial charge in [-0.25, -0.2) is 18.4 Å². The minimum absolute atomic E-state index is 0.0382. The highest BCUT2D eigenvalue weighted by Crippen LogP contribution is 2.66. The van der Waals surface area contributed by atoms with Gasteiger partial charge in [-0.1, -0.05) is 11.8 Å². The molecule has 1 aromatic carbocycles. The zero-order chi connectivity index (χ0) is 22.9. The molecule has 30 heavy (non-hydrogen) atoms. The van der Waals surface area contributed by atoms with Crippen molar-refractivity contribution in [3.05, 3.63) is 32.6 Å². The standard InChI is InChI=1S/C16H15BrF2NO7PS2/c1-2-27-28(23,24)16(18,19)14-12(17)11-8-10(15(21)22)7-9(13(11)29-14)5-3-4-6-30(20,25)26/h7-8H,2,4,6H2,1H3,(H,21,22)(H,23,24)(H2,20,25,26). The molecule has 0 aliphatic heterocycles. The van der Waals surface area contributed by atoms with Crippen LogP contribution < -0.4 is 5.14 Å². The molecule has 0 radical (unpaired) electrons. The normalized spacial score (nSPS) is 14.2. The molecule has 0 amide bonds. The minimum Gasteiger partial charge on any atom is -0.478 e. The first kappa shape index (κ1) is 24.9. The van der Waals surface area contributed by atoms with E-state index in [2.05, 4.69) is 32.3 Å². The molecule has 0 saturated carbocycles. The number of rotatable bonds is 7. The van der Waals surface area contributed by atoms with Crippen LogP contribution in [0.1, 0.15) is 34.1 Å². The average molecular weight is 546 g/mol. The highest BCUT2D eigenvalue weighted by atomic mass is 79.9. The summed E-state index contributed by atoms with van der Waals surface area (Å²) in [6.45, 7) is 0.864. The van der Waals surface area contributed by atoms with E-state index in [1.807, 2.05) is 0 Å². The Morgan fingerprint density at radius 2 is 2.07 bits per heavy atom. The van der Waals surface area contributed by atoms with E-state index in [-0.39, 0.29) is 32.1 Å². The Hall–Kier alpha value is -1.39. The molecule has 1 heterocycles. The molecule has 4 N–H and O–H groups in total. The van der Waals surface area contributed by atoms with Crippen LogP contribution in [0.5, 0.6) is 0 Å². The van der Waals surface area contributed by atoms with Crippen molar-refractivity contribution in [2.45, 2.75) is 19.0 Å². The van der Waals surface area contributed by atoms with Crippen molar-refractivity contribution < 1.29 is 41.1 Å². The van der Waals surface area contributed by atoms with Crippen LogP contribution in [0.15, 0.2) is 16.6 Å². The summed E-state index contributed by atoms with van der Waals surface area (Å²) in [5.41, 5.74) is -4.49. The van der Waals surface area contributed by atoms with E-state index in [0.29, 0.717) is 11.3 Å². The molecule has 2 aromatic rings. The molecule has 1 unspecified atom stereocenters. The lowest BCUT2D eigenvalue weighted by Crippen LogP contribution is -2.15. The first-order chi connectivity index (χ1) is 13.7. The highest BCUT2D eigenvalue weighted by molar-refractivity contribution is 9.10. The Morgan fingerprint density at radius 3 is 2.60 bits per heavy atom. The van der Waals surface area contributed by atoms with Crippen LogP contribution in [-0.4, -0.2) is 36.7 Å². The summed E-state index contributed by atoms with van der Waals surface area (Å²) in [7, 11) is -9.14. The fourth-order valence-electron chi connectivity index (χ4n) is 2.32. The Kier molecular flexibility index (Phi) is 7.46. The number of primary sulfonamides is 1. The second-order valence-electron chi connectivity index (χ2n) is 5.85. The Labute approximate surface area is 182 Å². The molecular weight excluding hydrogens is 531 g/mol. The number of fused-ring (bicyclic) bond motifs is 1. The van der Waals surface area contributed by atoms with Gasteiger partial charge < -0.3 is 14.5 Å². The van der Waals surface area contributed by atoms with Gasteiger partial charge in [0.15, 0.2) is 0 Å². The summed E-state index contributed by atoms with van der Waals surface area (Å²) in [6.07, 6.45) is -0.163. The third-order valence-electron chi connectivity index (χ3n) is 3.64. The monoisotopic (exact) mass is 545 g/mol. The molecule has 0 saturated heterocycles. The lowest BCUT2D eigenvalue weighted by molar-refractivity contribution is 0.0495. The molecule has 0 aliphatic carbocycles. The predicted octanol–water partition coefficient (Wildman–Crippen LogP) is 3.66. The number of hydrogen-bond acceptors (Lipinski definition) is 6. The number of aromatic carboxylic acids is 1. The number of carbonyl (C=O) groups is 1. The lowest BCUT2D eigenvalue weighted by Gasteiger charge is -2.20. The van der Waals surface area contributed by atoms with Crippen LogP contribution in [0.4, 0.5) is 8.78 Å². The number of carboxylic acid groups (broad SMARTS) is 1. The number of sulfonamides is 1. The number of nitrogens with two attached hydrogens (primary N) is 1. The molecule has 1 aromatic heterocycles. The van der Waals surface area contributed by atoms with E-state index >= 15 is 0 Å². The van der Waals surface area contributed by atoms with Gasteiger partial charge in [0, 0.05) is 21.8 Å². The van der Waals surface area contributed by atoms with Crippen LogP contribution in [-0.2, 0) is 24.8 Å². The van der Waals surface area contributed by atoms with Crippen LogP contribution in [0.3, 0.4) is 0 Å². The van der Waals surface area contributed by atoms with Gasteiger partial charge in [0.25, 0.3) is 0 Å². The molecule has 0 aliphatic rings. The third-order valence-corrected chi connectivity index (χ3v) is 8.50. The first-order valence-corrected chi connectivity index (χ1v) is 13.0. The van der Waals surface area contributed by atoms with E-state index < -0.39 is 46.5 Å². The van der Waals surface area contributed by atoms with Gasteiger partial charge >= 0.3 is 19.2 Å². The van der Waals surface area contributed by atoms with Crippen molar-refractivity contribution in [1.82, 2.24) is 0 Å². The smallest absolute Gasteiger partial charge is 0.402 e. The number of halogens is 3. The number of benzene rings is 1. The summed E-state index contributed by atoms with van der Waals surface area (Å²) in [4.78, 5) is 20.3. The first-order valence-electron chi connectivity index (χ1n) is 8.05. The van der Waals surface area contributed by atoms with Crippen molar-refractivity contribution in [1.29, 1.82) is 0 Å². The predicted molar refractivity (Wildman–Crippen MR) is 111 cm³/mol. The van der Waals surface area contributed by atoms with E-state index in [1.165, 1.54) is 6.92 Å². The van der Waals surface area contributed by atoms with Crippen LogP contribution in [0.2, 0.25) is 0 Å². The Bertz CT molecular complexity index is 1220. The van der Waals surface area contributed by atoms with Crippen LogP contribution >= 0.6 is 34.9 Å². The van der Waals surface area contributed by atoms with Gasteiger partial charge in [-0.2, -0.15) is 8.78 Å². The van der Waals surface area contributed by atoms with Crippen molar-refractivity contribution >= 4 is 60.9 Å². The largest absolute Gasteiger partial charge is 0.478 e. The van der Waals surface area contributed by atoms with Gasteiger partial charge in [0.1, 0.15) is 4.88 Å². The van der Waals surface area contributed by atoms with E-state index in [0.717, 1.165) is 12.1 Å². The molecule has 0 fully saturated rings. The molecule has 1 atom stereocenters. The molecule has 2 rings (SSSR count). The summed E-state index contributed by atoms with van der Waals surface area (Å²) >= 11 is 3.41. The maximum atomic E-state index is 14.8. The average Bonchev–Trinajstić information content (AvgIpc) is 2.95.